The summed E-state index contributed by atoms with van der Waals surface area (Å²) in [7, 11) is 2.01. The Hall–Kier alpha value is -1.03. The minimum Gasteiger partial charge on any atom is -0.345 e. The Morgan fingerprint density at radius 2 is 2.42 bits per heavy atom. The van der Waals surface area contributed by atoms with Gasteiger partial charge in [0.15, 0.2) is 0 Å². The molecule has 68 valence electrons. The molecule has 0 amide bonds. The fraction of sp³-hybridized carbons (Fsp3) is 0.625. The van der Waals surface area contributed by atoms with Crippen molar-refractivity contribution in [3.8, 4) is 0 Å². The first-order valence-corrected chi connectivity index (χ1v) is 4.17. The number of anilines is 1. The number of aromatic nitrogens is 2. The van der Waals surface area contributed by atoms with Gasteiger partial charge in [-0.1, -0.05) is 0 Å². The smallest absolute Gasteiger partial charge is 0.202 e. The Morgan fingerprint density at radius 3 is 2.92 bits per heavy atom. The van der Waals surface area contributed by atoms with Gasteiger partial charge in [-0.05, 0) is 19.9 Å². The summed E-state index contributed by atoms with van der Waals surface area (Å²) >= 11 is 0. The van der Waals surface area contributed by atoms with Gasteiger partial charge in [-0.3, -0.25) is 0 Å². The molecule has 4 heteroatoms. The Bertz CT molecular complexity index is 231. The third kappa shape index (κ3) is 2.23. The van der Waals surface area contributed by atoms with Crippen LogP contribution in [-0.2, 0) is 0 Å². The largest absolute Gasteiger partial charge is 0.345 e. The molecule has 0 aliphatic heterocycles. The van der Waals surface area contributed by atoms with Crippen LogP contribution in [0.1, 0.15) is 12.1 Å². The predicted molar refractivity (Wildman–Crippen MR) is 50.3 cm³/mol. The van der Waals surface area contributed by atoms with Gasteiger partial charge < -0.3 is 15.6 Å². The maximum absolute atomic E-state index is 5.40. The minimum atomic E-state index is 0.726. The number of hydrogen-bond acceptors (Lipinski definition) is 3. The van der Waals surface area contributed by atoms with Gasteiger partial charge in [-0.15, -0.1) is 0 Å². The first-order valence-electron chi connectivity index (χ1n) is 4.17. The molecule has 0 saturated heterocycles. The molecule has 12 heavy (non-hydrogen) atoms. The zero-order valence-corrected chi connectivity index (χ0v) is 7.67. The molecular weight excluding hydrogens is 152 g/mol. The summed E-state index contributed by atoms with van der Waals surface area (Å²) in [5.41, 5.74) is 6.49. The summed E-state index contributed by atoms with van der Waals surface area (Å²) in [4.78, 5) is 9.43. The van der Waals surface area contributed by atoms with Crippen molar-refractivity contribution < 1.29 is 0 Å². The monoisotopic (exact) mass is 168 g/mol. The van der Waals surface area contributed by atoms with Crippen LogP contribution in [0.25, 0.3) is 0 Å². The molecule has 4 nitrogen and oxygen atoms in total. The van der Waals surface area contributed by atoms with Crippen LogP contribution in [0.5, 0.6) is 0 Å². The van der Waals surface area contributed by atoms with Crippen LogP contribution in [0.4, 0.5) is 5.95 Å². The van der Waals surface area contributed by atoms with E-state index in [0.717, 1.165) is 31.2 Å². The highest BCUT2D eigenvalue weighted by Gasteiger charge is 2.02. The van der Waals surface area contributed by atoms with Gasteiger partial charge in [0.05, 0.1) is 0 Å². The molecule has 0 saturated carbocycles. The van der Waals surface area contributed by atoms with Gasteiger partial charge >= 0.3 is 0 Å². The van der Waals surface area contributed by atoms with Crippen LogP contribution in [0.15, 0.2) is 6.20 Å². The van der Waals surface area contributed by atoms with Crippen LogP contribution >= 0.6 is 0 Å². The lowest BCUT2D eigenvalue weighted by atomic mass is 10.4. The Balaban J connectivity index is 2.47. The highest BCUT2D eigenvalue weighted by atomic mass is 15.2. The lowest BCUT2D eigenvalue weighted by Gasteiger charge is -2.14. The van der Waals surface area contributed by atoms with Gasteiger partial charge in [0.1, 0.15) is 0 Å². The fourth-order valence-corrected chi connectivity index (χ4v) is 1.03. The van der Waals surface area contributed by atoms with Crippen LogP contribution in [0.2, 0.25) is 0 Å². The number of nitrogens with one attached hydrogen (secondary N) is 1. The van der Waals surface area contributed by atoms with Crippen molar-refractivity contribution in [1.82, 2.24) is 9.97 Å². The number of nitrogens with zero attached hydrogens (tertiary/aromatic N) is 2. The topological polar surface area (TPSA) is 57.9 Å². The quantitative estimate of drug-likeness (QED) is 0.688. The second-order valence-electron chi connectivity index (χ2n) is 2.95. The molecule has 0 aromatic carbocycles. The number of aromatic amines is 1. The highest BCUT2D eigenvalue weighted by molar-refractivity contribution is 5.29. The van der Waals surface area contributed by atoms with E-state index >= 15 is 0 Å². The molecule has 3 N–H and O–H groups in total. The van der Waals surface area contributed by atoms with Crippen molar-refractivity contribution in [2.75, 3.05) is 25.0 Å². The van der Waals surface area contributed by atoms with Gasteiger partial charge in [0.2, 0.25) is 5.95 Å². The molecule has 1 rings (SSSR count). The number of nitrogens with two attached hydrogens (primary N) is 1. The third-order valence-electron chi connectivity index (χ3n) is 1.75. The Labute approximate surface area is 72.8 Å². The molecule has 0 bridgehead atoms. The number of hydrogen-bond donors (Lipinski definition) is 2. The van der Waals surface area contributed by atoms with E-state index in [1.54, 1.807) is 0 Å². The molecule has 0 aliphatic carbocycles. The molecule has 1 aromatic rings. The zero-order chi connectivity index (χ0) is 8.97. The van der Waals surface area contributed by atoms with Crippen molar-refractivity contribution in [3.05, 3.63) is 11.9 Å². The van der Waals surface area contributed by atoms with E-state index in [1.807, 2.05) is 20.2 Å². The summed E-state index contributed by atoms with van der Waals surface area (Å²) in [6, 6.07) is 0. The van der Waals surface area contributed by atoms with Gasteiger partial charge in [-0.2, -0.15) is 0 Å². The summed E-state index contributed by atoms with van der Waals surface area (Å²) < 4.78 is 0. The number of aryl methyl sites for hydroxylation is 1. The number of rotatable bonds is 4. The van der Waals surface area contributed by atoms with Gasteiger partial charge in [0.25, 0.3) is 0 Å². The van der Waals surface area contributed by atoms with E-state index in [-0.39, 0.29) is 0 Å². The number of imidazole rings is 1. The lowest BCUT2D eigenvalue weighted by molar-refractivity contribution is 0.779. The van der Waals surface area contributed by atoms with Crippen LogP contribution in [-0.4, -0.2) is 30.1 Å². The zero-order valence-electron chi connectivity index (χ0n) is 7.67. The maximum Gasteiger partial charge on any atom is 0.202 e. The molecule has 0 fully saturated rings. The minimum absolute atomic E-state index is 0.726. The van der Waals surface area contributed by atoms with Gasteiger partial charge in [-0.25, -0.2) is 4.98 Å². The van der Waals surface area contributed by atoms with E-state index in [0.29, 0.717) is 0 Å². The van der Waals surface area contributed by atoms with Crippen LogP contribution in [0, 0.1) is 6.92 Å². The molecule has 1 heterocycles. The normalized spacial score (nSPS) is 10.2. The van der Waals surface area contributed by atoms with Gasteiger partial charge in [0, 0.05) is 25.5 Å². The maximum atomic E-state index is 5.40. The van der Waals surface area contributed by atoms with E-state index < -0.39 is 0 Å². The average Bonchev–Trinajstić information content (AvgIpc) is 2.47. The predicted octanol–water partition coefficient (Wildman–Crippen LogP) is 0.503. The summed E-state index contributed by atoms with van der Waals surface area (Å²) in [6.45, 7) is 3.67. The highest BCUT2D eigenvalue weighted by Crippen LogP contribution is 2.05. The van der Waals surface area contributed by atoms with Crippen molar-refractivity contribution in [3.63, 3.8) is 0 Å². The Morgan fingerprint density at radius 1 is 1.67 bits per heavy atom. The molecular formula is C8H16N4. The summed E-state index contributed by atoms with van der Waals surface area (Å²) in [6.07, 6.45) is 2.82. The van der Waals surface area contributed by atoms with Crippen molar-refractivity contribution in [2.45, 2.75) is 13.3 Å². The lowest BCUT2D eigenvalue weighted by Crippen LogP contribution is -2.22. The van der Waals surface area contributed by atoms with E-state index in [4.69, 9.17) is 5.73 Å². The second kappa shape index (κ2) is 4.11. The average molecular weight is 168 g/mol. The summed E-state index contributed by atoms with van der Waals surface area (Å²) in [5.74, 6) is 0.918. The molecule has 1 aromatic heterocycles. The molecule has 0 atom stereocenters. The van der Waals surface area contributed by atoms with Crippen LogP contribution in [0.3, 0.4) is 0 Å². The van der Waals surface area contributed by atoms with Crippen molar-refractivity contribution >= 4 is 5.95 Å². The molecule has 0 unspecified atom stereocenters. The van der Waals surface area contributed by atoms with E-state index in [1.165, 1.54) is 0 Å². The third-order valence-corrected chi connectivity index (χ3v) is 1.75. The van der Waals surface area contributed by atoms with Crippen LogP contribution < -0.4 is 10.6 Å². The number of H-pyrrole nitrogens is 1. The standard InChI is InChI=1S/C8H16N4/c1-7-6-10-8(11-7)12(2)5-3-4-9/h6H,3-5,9H2,1-2H3,(H,10,11). The Kier molecular flexibility index (Phi) is 3.10. The second-order valence-corrected chi connectivity index (χ2v) is 2.95. The first-order chi connectivity index (χ1) is 5.74. The molecule has 0 aliphatic rings. The first kappa shape index (κ1) is 9.06. The molecule has 0 radical (unpaired) electrons. The molecule has 0 spiro atoms. The van der Waals surface area contributed by atoms with Crippen molar-refractivity contribution in [2.24, 2.45) is 5.73 Å². The fourth-order valence-electron chi connectivity index (χ4n) is 1.03. The SMILES string of the molecule is Cc1cnc(N(C)CCCN)[nH]1. The van der Waals surface area contributed by atoms with Crippen molar-refractivity contribution in [1.29, 1.82) is 0 Å². The summed E-state index contributed by atoms with van der Waals surface area (Å²) in [5, 5.41) is 0. The van der Waals surface area contributed by atoms with E-state index in [9.17, 15) is 0 Å². The van der Waals surface area contributed by atoms with E-state index in [2.05, 4.69) is 14.9 Å².